The van der Waals surface area contributed by atoms with Gasteiger partial charge in [0.2, 0.25) is 0 Å². The zero-order valence-electron chi connectivity index (χ0n) is 12.5. The van der Waals surface area contributed by atoms with E-state index in [4.69, 9.17) is 0 Å². The lowest BCUT2D eigenvalue weighted by Gasteiger charge is -2.44. The van der Waals surface area contributed by atoms with Crippen molar-refractivity contribution in [3.05, 3.63) is 0 Å². The Morgan fingerprint density at radius 3 is 2.41 bits per heavy atom. The molecule has 0 spiro atoms. The van der Waals surface area contributed by atoms with E-state index in [2.05, 4.69) is 52.0 Å². The second-order valence-corrected chi connectivity index (χ2v) is 7.57. The molecule has 2 nitrogen and oxygen atoms in total. The van der Waals surface area contributed by atoms with E-state index in [1.54, 1.807) is 0 Å². The van der Waals surface area contributed by atoms with Gasteiger partial charge >= 0.3 is 0 Å². The van der Waals surface area contributed by atoms with Crippen LogP contribution in [0.5, 0.6) is 0 Å². The van der Waals surface area contributed by atoms with Gasteiger partial charge in [0.05, 0.1) is 0 Å². The van der Waals surface area contributed by atoms with Crippen molar-refractivity contribution in [1.82, 2.24) is 10.2 Å². The van der Waals surface area contributed by atoms with Crippen LogP contribution in [0.25, 0.3) is 0 Å². The van der Waals surface area contributed by atoms with Crippen LogP contribution >= 0.6 is 0 Å². The maximum absolute atomic E-state index is 3.88. The Balaban J connectivity index is 2.00. The lowest BCUT2D eigenvalue weighted by molar-refractivity contribution is 0.103. The Bertz CT molecular complexity index is 280. The summed E-state index contributed by atoms with van der Waals surface area (Å²) in [6.45, 7) is 10.9. The first kappa shape index (κ1) is 13.4. The second kappa shape index (κ2) is 4.24. The molecule has 4 atom stereocenters. The van der Waals surface area contributed by atoms with Crippen molar-refractivity contribution >= 4 is 0 Å². The van der Waals surface area contributed by atoms with Gasteiger partial charge in [0.1, 0.15) is 0 Å². The van der Waals surface area contributed by atoms with Gasteiger partial charge in [0.25, 0.3) is 0 Å². The van der Waals surface area contributed by atoms with Crippen molar-refractivity contribution in [2.45, 2.75) is 59.0 Å². The van der Waals surface area contributed by atoms with Crippen LogP contribution in [0.3, 0.4) is 0 Å². The number of fused-ring (bicyclic) bond motifs is 2. The fourth-order valence-electron chi connectivity index (χ4n) is 4.28. The number of likely N-dealkylation sites (N-methyl/N-ethyl adjacent to an activating group) is 1. The zero-order valence-corrected chi connectivity index (χ0v) is 12.5. The summed E-state index contributed by atoms with van der Waals surface area (Å²) in [5.41, 5.74) is 1.04. The Morgan fingerprint density at radius 2 is 1.94 bits per heavy atom. The molecule has 0 aromatic rings. The average Bonchev–Trinajstić information content (AvgIpc) is 2.68. The van der Waals surface area contributed by atoms with Crippen molar-refractivity contribution in [1.29, 1.82) is 0 Å². The summed E-state index contributed by atoms with van der Waals surface area (Å²) >= 11 is 0. The molecule has 4 unspecified atom stereocenters. The first-order valence-corrected chi connectivity index (χ1v) is 7.17. The minimum absolute atomic E-state index is 0.485. The van der Waals surface area contributed by atoms with Crippen molar-refractivity contribution in [3.63, 3.8) is 0 Å². The molecule has 0 heterocycles. The molecular formula is C15H30N2. The molecule has 0 aromatic carbocycles. The molecule has 0 aliphatic heterocycles. The molecule has 100 valence electrons. The Hall–Kier alpha value is -0.0800. The molecule has 2 saturated carbocycles. The standard InChI is InChI=1S/C15H30N2/c1-11(17(5)6)10-16-13-14(2,3)12-7-8-15(13,4)9-12/h11-13,16H,7-10H2,1-6H3. The lowest BCUT2D eigenvalue weighted by Crippen LogP contribution is -2.53. The van der Waals surface area contributed by atoms with Crippen LogP contribution in [-0.4, -0.2) is 37.6 Å². The fraction of sp³-hybridized carbons (Fsp3) is 1.00. The summed E-state index contributed by atoms with van der Waals surface area (Å²) < 4.78 is 0. The highest BCUT2D eigenvalue weighted by Gasteiger charge is 2.58. The third-order valence-electron chi connectivity index (χ3n) is 5.77. The molecule has 2 rings (SSSR count). The Kier molecular flexibility index (Phi) is 3.33. The van der Waals surface area contributed by atoms with Gasteiger partial charge < -0.3 is 10.2 Å². The van der Waals surface area contributed by atoms with Crippen molar-refractivity contribution in [3.8, 4) is 0 Å². The maximum Gasteiger partial charge on any atom is 0.0186 e. The molecule has 2 fully saturated rings. The summed E-state index contributed by atoms with van der Waals surface area (Å²) in [4.78, 5) is 2.30. The Labute approximate surface area is 107 Å². The normalized spacial score (nSPS) is 41.1. The molecule has 2 aliphatic carbocycles. The predicted octanol–water partition coefficient (Wildman–Crippen LogP) is 2.74. The van der Waals surface area contributed by atoms with E-state index in [0.29, 0.717) is 22.9 Å². The van der Waals surface area contributed by atoms with Crippen LogP contribution in [0.2, 0.25) is 0 Å². The van der Waals surface area contributed by atoms with Crippen LogP contribution in [0.4, 0.5) is 0 Å². The van der Waals surface area contributed by atoms with Gasteiger partial charge in [-0.15, -0.1) is 0 Å². The smallest absolute Gasteiger partial charge is 0.0186 e. The number of hydrogen-bond acceptors (Lipinski definition) is 2. The van der Waals surface area contributed by atoms with Crippen LogP contribution in [0.1, 0.15) is 47.0 Å². The third-order valence-corrected chi connectivity index (χ3v) is 5.77. The molecule has 17 heavy (non-hydrogen) atoms. The van der Waals surface area contributed by atoms with E-state index in [0.717, 1.165) is 12.5 Å². The quantitative estimate of drug-likeness (QED) is 0.810. The first-order valence-electron chi connectivity index (χ1n) is 7.17. The topological polar surface area (TPSA) is 15.3 Å². The van der Waals surface area contributed by atoms with Gasteiger partial charge in [0.15, 0.2) is 0 Å². The van der Waals surface area contributed by atoms with Gasteiger partial charge in [-0.25, -0.2) is 0 Å². The molecule has 0 aromatic heterocycles. The van der Waals surface area contributed by atoms with Gasteiger partial charge in [-0.2, -0.15) is 0 Å². The van der Waals surface area contributed by atoms with Crippen molar-refractivity contribution < 1.29 is 0 Å². The monoisotopic (exact) mass is 238 g/mol. The van der Waals surface area contributed by atoms with Crippen LogP contribution < -0.4 is 5.32 Å². The minimum Gasteiger partial charge on any atom is -0.311 e. The summed E-state index contributed by atoms with van der Waals surface area (Å²) in [6, 6.07) is 1.32. The summed E-state index contributed by atoms with van der Waals surface area (Å²) in [6.07, 6.45) is 4.31. The van der Waals surface area contributed by atoms with Crippen LogP contribution in [0, 0.1) is 16.7 Å². The molecule has 2 aliphatic rings. The van der Waals surface area contributed by atoms with E-state index in [1.165, 1.54) is 19.3 Å². The zero-order chi connectivity index (χ0) is 12.8. The SMILES string of the molecule is CC(CNC1C2(C)CCC(C2)C1(C)C)N(C)C. The number of rotatable bonds is 4. The first-order chi connectivity index (χ1) is 7.77. The molecule has 0 saturated heterocycles. The largest absolute Gasteiger partial charge is 0.311 e. The molecule has 2 bridgehead atoms. The third kappa shape index (κ3) is 2.15. The van der Waals surface area contributed by atoms with Gasteiger partial charge in [0, 0.05) is 18.6 Å². The number of hydrogen-bond donors (Lipinski definition) is 1. The summed E-state index contributed by atoms with van der Waals surface area (Å²) in [5.74, 6) is 0.944. The molecule has 1 N–H and O–H groups in total. The lowest BCUT2D eigenvalue weighted by atomic mass is 9.68. The number of nitrogens with zero attached hydrogens (tertiary/aromatic N) is 1. The summed E-state index contributed by atoms with van der Waals surface area (Å²) in [7, 11) is 4.33. The number of nitrogens with one attached hydrogen (secondary N) is 1. The Morgan fingerprint density at radius 1 is 1.29 bits per heavy atom. The van der Waals surface area contributed by atoms with E-state index < -0.39 is 0 Å². The van der Waals surface area contributed by atoms with Crippen LogP contribution in [0.15, 0.2) is 0 Å². The van der Waals surface area contributed by atoms with E-state index in [-0.39, 0.29) is 0 Å². The molecular weight excluding hydrogens is 208 g/mol. The second-order valence-electron chi connectivity index (χ2n) is 7.57. The molecule has 2 heteroatoms. The fourth-order valence-corrected chi connectivity index (χ4v) is 4.28. The minimum atomic E-state index is 0.485. The highest BCUT2D eigenvalue weighted by molar-refractivity contribution is 5.12. The van der Waals surface area contributed by atoms with Gasteiger partial charge in [-0.1, -0.05) is 20.8 Å². The van der Waals surface area contributed by atoms with E-state index in [9.17, 15) is 0 Å². The predicted molar refractivity (Wildman–Crippen MR) is 74.2 cm³/mol. The van der Waals surface area contributed by atoms with Gasteiger partial charge in [-0.05, 0) is 57.0 Å². The molecule has 0 amide bonds. The highest BCUT2D eigenvalue weighted by Crippen LogP contribution is 2.62. The maximum atomic E-state index is 3.88. The van der Waals surface area contributed by atoms with E-state index >= 15 is 0 Å². The van der Waals surface area contributed by atoms with Gasteiger partial charge in [-0.3, -0.25) is 0 Å². The van der Waals surface area contributed by atoms with Crippen molar-refractivity contribution in [2.75, 3.05) is 20.6 Å². The molecule has 0 radical (unpaired) electrons. The highest BCUT2D eigenvalue weighted by atomic mass is 15.1. The average molecular weight is 238 g/mol. The van der Waals surface area contributed by atoms with Crippen LogP contribution in [-0.2, 0) is 0 Å². The summed E-state index contributed by atoms with van der Waals surface area (Å²) in [5, 5.41) is 3.88. The van der Waals surface area contributed by atoms with E-state index in [1.807, 2.05) is 0 Å². The van der Waals surface area contributed by atoms with Crippen molar-refractivity contribution in [2.24, 2.45) is 16.7 Å².